The molecule has 2 aromatic rings. The number of rotatable bonds is 4. The highest BCUT2D eigenvalue weighted by molar-refractivity contribution is 6.30. The van der Waals surface area contributed by atoms with E-state index in [1.165, 1.54) is 0 Å². The topological polar surface area (TPSA) is 90.7 Å². The molecule has 7 heteroatoms. The molecule has 1 N–H and O–H groups in total. The molecular formula is C17H17ClN4O2. The fourth-order valence-electron chi connectivity index (χ4n) is 2.24. The molecule has 0 unspecified atom stereocenters. The monoisotopic (exact) mass is 344 g/mol. The van der Waals surface area contributed by atoms with Crippen molar-refractivity contribution in [2.75, 3.05) is 0 Å². The maximum Gasteiger partial charge on any atom is 0.281 e. The van der Waals surface area contributed by atoms with Gasteiger partial charge in [-0.3, -0.25) is 9.36 Å². The molecule has 1 aromatic heterocycles. The van der Waals surface area contributed by atoms with Crippen LogP contribution in [0.4, 0.5) is 11.4 Å². The minimum Gasteiger partial charge on any atom is -0.493 e. The molecule has 0 aliphatic carbocycles. The van der Waals surface area contributed by atoms with Crippen LogP contribution in [0.2, 0.25) is 5.02 Å². The minimum absolute atomic E-state index is 0.0234. The van der Waals surface area contributed by atoms with Crippen LogP contribution in [0, 0.1) is 24.2 Å². The van der Waals surface area contributed by atoms with Crippen molar-refractivity contribution in [1.29, 1.82) is 5.26 Å². The first-order valence-corrected chi connectivity index (χ1v) is 7.76. The molecule has 24 heavy (non-hydrogen) atoms. The van der Waals surface area contributed by atoms with Crippen molar-refractivity contribution in [3.8, 4) is 11.9 Å². The highest BCUT2D eigenvalue weighted by Gasteiger charge is 2.19. The molecule has 0 fully saturated rings. The molecule has 0 amide bonds. The van der Waals surface area contributed by atoms with Gasteiger partial charge in [0, 0.05) is 17.1 Å². The lowest BCUT2D eigenvalue weighted by molar-refractivity contribution is 0.381. The van der Waals surface area contributed by atoms with Crippen molar-refractivity contribution in [2.24, 2.45) is 16.1 Å². The summed E-state index contributed by atoms with van der Waals surface area (Å²) in [5.74, 6) is -0.226. The van der Waals surface area contributed by atoms with Gasteiger partial charge in [0.15, 0.2) is 5.69 Å². The quantitative estimate of drug-likeness (QED) is 0.830. The second-order valence-corrected chi connectivity index (χ2v) is 6.21. The Balaban J connectivity index is 2.61. The van der Waals surface area contributed by atoms with Gasteiger partial charge in [-0.25, -0.2) is 0 Å². The van der Waals surface area contributed by atoms with E-state index in [9.17, 15) is 15.2 Å². The number of nitriles is 1. The summed E-state index contributed by atoms with van der Waals surface area (Å²) in [7, 11) is 0. The van der Waals surface area contributed by atoms with Crippen LogP contribution in [0.5, 0.6) is 5.88 Å². The van der Waals surface area contributed by atoms with Crippen molar-refractivity contribution in [1.82, 2.24) is 4.57 Å². The lowest BCUT2D eigenvalue weighted by Crippen LogP contribution is -2.24. The highest BCUT2D eigenvalue weighted by atomic mass is 35.5. The number of hydrogen-bond donors (Lipinski definition) is 1. The SMILES string of the molecule is Cc1c(C#N)c(O)n(CC(C)C)c(=O)c1N=Nc1cccc(Cl)c1. The molecule has 124 valence electrons. The van der Waals surface area contributed by atoms with Gasteiger partial charge >= 0.3 is 0 Å². The number of pyridine rings is 1. The Morgan fingerprint density at radius 3 is 2.67 bits per heavy atom. The number of aromatic hydroxyl groups is 1. The zero-order valence-corrected chi connectivity index (χ0v) is 14.4. The molecule has 1 aromatic carbocycles. The molecule has 0 saturated carbocycles. The van der Waals surface area contributed by atoms with Crippen LogP contribution in [0.15, 0.2) is 39.3 Å². The number of hydrogen-bond acceptors (Lipinski definition) is 5. The fourth-order valence-corrected chi connectivity index (χ4v) is 2.42. The van der Waals surface area contributed by atoms with E-state index in [1.807, 2.05) is 19.9 Å². The average Bonchev–Trinajstić information content (AvgIpc) is 2.52. The summed E-state index contributed by atoms with van der Waals surface area (Å²) in [6.07, 6.45) is 0. The lowest BCUT2D eigenvalue weighted by atomic mass is 10.1. The second kappa shape index (κ2) is 7.28. The Hall–Kier alpha value is -2.65. The largest absolute Gasteiger partial charge is 0.493 e. The Morgan fingerprint density at radius 1 is 1.38 bits per heavy atom. The van der Waals surface area contributed by atoms with Gasteiger partial charge < -0.3 is 5.11 Å². The van der Waals surface area contributed by atoms with Gasteiger partial charge in [-0.15, -0.1) is 5.11 Å². The smallest absolute Gasteiger partial charge is 0.281 e. The first kappa shape index (κ1) is 17.7. The van der Waals surface area contributed by atoms with Crippen LogP contribution in [0.25, 0.3) is 0 Å². The van der Waals surface area contributed by atoms with Crippen LogP contribution >= 0.6 is 11.6 Å². The van der Waals surface area contributed by atoms with E-state index in [1.54, 1.807) is 31.2 Å². The molecule has 1 heterocycles. The van der Waals surface area contributed by atoms with Gasteiger partial charge in [-0.2, -0.15) is 10.4 Å². The van der Waals surface area contributed by atoms with Gasteiger partial charge in [0.25, 0.3) is 5.56 Å². The van der Waals surface area contributed by atoms with E-state index in [0.717, 1.165) is 4.57 Å². The predicted octanol–water partition coefficient (Wildman–Crippen LogP) is 4.46. The summed E-state index contributed by atoms with van der Waals surface area (Å²) in [6.45, 7) is 5.65. The minimum atomic E-state index is -0.483. The van der Waals surface area contributed by atoms with E-state index in [0.29, 0.717) is 16.3 Å². The number of aromatic nitrogens is 1. The Labute approximate surface area is 144 Å². The average molecular weight is 345 g/mol. The summed E-state index contributed by atoms with van der Waals surface area (Å²) < 4.78 is 1.16. The third-order valence-electron chi connectivity index (χ3n) is 3.39. The summed E-state index contributed by atoms with van der Waals surface area (Å²) in [4.78, 5) is 12.6. The van der Waals surface area contributed by atoms with E-state index in [2.05, 4.69) is 10.2 Å². The summed E-state index contributed by atoms with van der Waals surface area (Å²) in [5, 5.41) is 28.0. The molecule has 0 radical (unpaired) electrons. The van der Waals surface area contributed by atoms with Crippen molar-refractivity contribution >= 4 is 23.0 Å². The Kier molecular flexibility index (Phi) is 5.37. The zero-order valence-electron chi connectivity index (χ0n) is 13.6. The molecule has 0 aliphatic rings. The summed E-state index contributed by atoms with van der Waals surface area (Å²) in [6, 6.07) is 8.65. The summed E-state index contributed by atoms with van der Waals surface area (Å²) >= 11 is 5.90. The maximum atomic E-state index is 12.6. The van der Waals surface area contributed by atoms with E-state index < -0.39 is 5.56 Å². The molecule has 2 rings (SSSR count). The number of azo groups is 1. The molecule has 0 spiro atoms. The standard InChI is InChI=1S/C17H17ClN4O2/c1-10(2)9-22-16(23)14(8-19)11(3)15(17(22)24)21-20-13-6-4-5-12(18)7-13/h4-7,10,23H,9H2,1-3H3. The highest BCUT2D eigenvalue weighted by Crippen LogP contribution is 2.27. The van der Waals surface area contributed by atoms with E-state index in [4.69, 9.17) is 11.6 Å². The first-order valence-electron chi connectivity index (χ1n) is 7.39. The molecule has 0 saturated heterocycles. The zero-order chi connectivity index (χ0) is 17.9. The molecule has 6 nitrogen and oxygen atoms in total. The van der Waals surface area contributed by atoms with Crippen LogP contribution in [-0.4, -0.2) is 9.67 Å². The first-order chi connectivity index (χ1) is 11.3. The van der Waals surface area contributed by atoms with Crippen molar-refractivity contribution in [2.45, 2.75) is 27.3 Å². The number of benzene rings is 1. The molecule has 0 atom stereocenters. The summed E-state index contributed by atoms with van der Waals surface area (Å²) in [5.41, 5.74) is 0.359. The van der Waals surface area contributed by atoms with Crippen molar-refractivity contribution in [3.05, 3.63) is 50.8 Å². The molecule has 0 bridgehead atoms. The second-order valence-electron chi connectivity index (χ2n) is 5.77. The Morgan fingerprint density at radius 2 is 2.08 bits per heavy atom. The van der Waals surface area contributed by atoms with Crippen LogP contribution < -0.4 is 5.56 Å². The van der Waals surface area contributed by atoms with Gasteiger partial charge in [0.1, 0.15) is 11.6 Å². The maximum absolute atomic E-state index is 12.6. The van der Waals surface area contributed by atoms with Gasteiger partial charge in [-0.05, 0) is 31.0 Å². The third-order valence-corrected chi connectivity index (χ3v) is 3.63. The predicted molar refractivity (Wildman–Crippen MR) is 92.3 cm³/mol. The van der Waals surface area contributed by atoms with Gasteiger partial charge in [-0.1, -0.05) is 31.5 Å². The van der Waals surface area contributed by atoms with Gasteiger partial charge in [0.2, 0.25) is 5.88 Å². The van der Waals surface area contributed by atoms with E-state index in [-0.39, 0.29) is 29.6 Å². The number of halogens is 1. The Bertz CT molecular complexity index is 895. The van der Waals surface area contributed by atoms with Crippen LogP contribution in [0.1, 0.15) is 25.0 Å². The lowest BCUT2D eigenvalue weighted by Gasteiger charge is -2.14. The van der Waals surface area contributed by atoms with Crippen molar-refractivity contribution in [3.63, 3.8) is 0 Å². The molecular weight excluding hydrogens is 328 g/mol. The van der Waals surface area contributed by atoms with Gasteiger partial charge in [0.05, 0.1) is 5.69 Å². The third kappa shape index (κ3) is 3.63. The fraction of sp³-hybridized carbons (Fsp3) is 0.294. The van der Waals surface area contributed by atoms with Crippen LogP contribution in [-0.2, 0) is 6.54 Å². The van der Waals surface area contributed by atoms with E-state index >= 15 is 0 Å². The normalized spacial score (nSPS) is 11.2. The molecule has 0 aliphatic heterocycles. The van der Waals surface area contributed by atoms with Crippen molar-refractivity contribution < 1.29 is 5.11 Å². The number of nitrogens with zero attached hydrogens (tertiary/aromatic N) is 4. The van der Waals surface area contributed by atoms with Crippen LogP contribution in [0.3, 0.4) is 0 Å².